The number of carboxylic acids is 1. The zero-order valence-corrected chi connectivity index (χ0v) is 27.6. The first-order valence-corrected chi connectivity index (χ1v) is 16.5. The lowest BCUT2D eigenvalue weighted by Gasteiger charge is -2.23. The molecule has 0 aliphatic carbocycles. The van der Waals surface area contributed by atoms with E-state index in [1.165, 1.54) is 24.3 Å². The summed E-state index contributed by atoms with van der Waals surface area (Å²) in [5.74, 6) is -1.35. The van der Waals surface area contributed by atoms with Crippen LogP contribution in [0.3, 0.4) is 0 Å². The number of rotatable bonds is 10. The molecule has 0 aliphatic heterocycles. The van der Waals surface area contributed by atoms with Crippen LogP contribution in [0.25, 0.3) is 34.5 Å². The standard InChI is InChI=1S/C34H23Cl2F6N3O4S/c35-26-12-15-28(29(36)17-26)30-19-44(18-22-3-13-27(14-4-22)45(20-32(46)47)50(48,49)34(40,41)42)31(43-30)16-5-21-1-6-23(7-2-21)24-8-10-25(11-9-24)33(37,38)39/h1-17,19H,18,20H2,(H,46,47). The predicted octanol–water partition coefficient (Wildman–Crippen LogP) is 9.50. The molecule has 0 atom stereocenters. The molecule has 0 aliphatic rings. The maximum atomic E-state index is 13.3. The van der Waals surface area contributed by atoms with Crippen molar-refractivity contribution in [2.45, 2.75) is 18.2 Å². The summed E-state index contributed by atoms with van der Waals surface area (Å²) in [7, 11) is -5.99. The number of imidazole rings is 1. The van der Waals surface area contributed by atoms with Crippen LogP contribution >= 0.6 is 23.2 Å². The van der Waals surface area contributed by atoms with Gasteiger partial charge in [0.05, 0.1) is 22.0 Å². The molecule has 1 aromatic heterocycles. The average Bonchev–Trinajstić information content (AvgIpc) is 3.44. The van der Waals surface area contributed by atoms with Gasteiger partial charge in [-0.25, -0.2) is 4.98 Å². The van der Waals surface area contributed by atoms with Crippen molar-refractivity contribution in [1.82, 2.24) is 9.55 Å². The van der Waals surface area contributed by atoms with Gasteiger partial charge < -0.3 is 9.67 Å². The van der Waals surface area contributed by atoms with Gasteiger partial charge in [0.15, 0.2) is 0 Å². The van der Waals surface area contributed by atoms with E-state index < -0.39 is 45.5 Å². The molecule has 0 radical (unpaired) electrons. The topological polar surface area (TPSA) is 92.5 Å². The molecule has 16 heteroatoms. The molecule has 5 aromatic rings. The summed E-state index contributed by atoms with van der Waals surface area (Å²) in [5, 5.41) is 9.81. The lowest BCUT2D eigenvalue weighted by molar-refractivity contribution is -0.137. The number of hydrogen-bond acceptors (Lipinski definition) is 4. The van der Waals surface area contributed by atoms with Gasteiger partial charge in [0.25, 0.3) is 0 Å². The first-order chi connectivity index (χ1) is 23.4. The Morgan fingerprint density at radius 2 is 1.44 bits per heavy atom. The zero-order chi connectivity index (χ0) is 36.4. The summed E-state index contributed by atoms with van der Waals surface area (Å²) in [6.07, 6.45) is 0.683. The summed E-state index contributed by atoms with van der Waals surface area (Å²) in [6.45, 7) is -1.33. The minimum atomic E-state index is -5.99. The highest BCUT2D eigenvalue weighted by Gasteiger charge is 2.50. The van der Waals surface area contributed by atoms with Crippen molar-refractivity contribution in [2.75, 3.05) is 10.8 Å². The molecular weight excluding hydrogens is 731 g/mol. The summed E-state index contributed by atoms with van der Waals surface area (Å²) < 4.78 is 104. The highest BCUT2D eigenvalue weighted by atomic mass is 35.5. The molecule has 0 spiro atoms. The van der Waals surface area contributed by atoms with Gasteiger partial charge in [-0.2, -0.15) is 34.8 Å². The largest absolute Gasteiger partial charge is 0.516 e. The molecule has 7 nitrogen and oxygen atoms in total. The molecule has 0 fully saturated rings. The molecule has 260 valence electrons. The number of aliphatic carboxylic acids is 1. The maximum Gasteiger partial charge on any atom is 0.516 e. The van der Waals surface area contributed by atoms with Gasteiger partial charge in [-0.15, -0.1) is 0 Å². The Morgan fingerprint density at radius 1 is 0.840 bits per heavy atom. The summed E-state index contributed by atoms with van der Waals surface area (Å²) in [5.41, 5.74) is -3.40. The van der Waals surface area contributed by atoms with Crippen molar-refractivity contribution < 1.29 is 44.7 Å². The number of benzene rings is 4. The van der Waals surface area contributed by atoms with Crippen molar-refractivity contribution in [3.63, 3.8) is 0 Å². The lowest BCUT2D eigenvalue weighted by Crippen LogP contribution is -2.43. The summed E-state index contributed by atoms with van der Waals surface area (Å²) >= 11 is 12.5. The Hall–Kier alpha value is -4.79. The number of carboxylic acid groups (broad SMARTS) is 1. The third kappa shape index (κ3) is 8.32. The Morgan fingerprint density at radius 3 is 1.98 bits per heavy atom. The molecule has 4 aromatic carbocycles. The number of sulfonamides is 1. The van der Waals surface area contributed by atoms with Crippen LogP contribution in [-0.2, 0) is 27.5 Å². The van der Waals surface area contributed by atoms with E-state index in [9.17, 15) is 39.6 Å². The molecule has 1 N–H and O–H groups in total. The Balaban J connectivity index is 1.44. The number of alkyl halides is 6. The fourth-order valence-electron chi connectivity index (χ4n) is 4.85. The van der Waals surface area contributed by atoms with Gasteiger partial charge in [-0.3, -0.25) is 9.10 Å². The maximum absolute atomic E-state index is 13.3. The van der Waals surface area contributed by atoms with Crippen LogP contribution in [0.5, 0.6) is 0 Å². The molecule has 5 rings (SSSR count). The lowest BCUT2D eigenvalue weighted by atomic mass is 10.0. The quantitative estimate of drug-likeness (QED) is 0.144. The smallest absolute Gasteiger partial charge is 0.480 e. The Kier molecular flexibility index (Phi) is 10.4. The van der Waals surface area contributed by atoms with E-state index in [4.69, 9.17) is 33.3 Å². The van der Waals surface area contributed by atoms with Crippen LogP contribution in [0.2, 0.25) is 10.0 Å². The fourth-order valence-corrected chi connectivity index (χ4v) is 6.29. The van der Waals surface area contributed by atoms with E-state index in [0.717, 1.165) is 29.8 Å². The minimum Gasteiger partial charge on any atom is -0.480 e. The average molecular weight is 755 g/mol. The number of nitrogens with zero attached hydrogens (tertiary/aromatic N) is 3. The third-order valence-electron chi connectivity index (χ3n) is 7.33. The molecule has 1 heterocycles. The van der Waals surface area contributed by atoms with Crippen LogP contribution in [0.15, 0.2) is 97.2 Å². The second-order valence-electron chi connectivity index (χ2n) is 10.8. The monoisotopic (exact) mass is 753 g/mol. The molecular formula is C34H23Cl2F6N3O4S. The van der Waals surface area contributed by atoms with Crippen LogP contribution in [0, 0.1) is 0 Å². The van der Waals surface area contributed by atoms with Crippen LogP contribution in [0.1, 0.15) is 22.5 Å². The van der Waals surface area contributed by atoms with E-state index in [1.54, 1.807) is 65.4 Å². The molecule has 0 amide bonds. The van der Waals surface area contributed by atoms with Gasteiger partial charge in [-0.1, -0.05) is 77.8 Å². The van der Waals surface area contributed by atoms with Gasteiger partial charge in [0.2, 0.25) is 0 Å². The molecule has 0 unspecified atom stereocenters. The first kappa shape index (κ1) is 36.5. The Labute approximate surface area is 291 Å². The minimum absolute atomic E-state index is 0.107. The molecule has 0 saturated carbocycles. The van der Waals surface area contributed by atoms with Crippen LogP contribution < -0.4 is 4.31 Å². The van der Waals surface area contributed by atoms with Crippen molar-refractivity contribution in [1.29, 1.82) is 0 Å². The predicted molar refractivity (Wildman–Crippen MR) is 179 cm³/mol. The number of hydrogen-bond donors (Lipinski definition) is 1. The van der Waals surface area contributed by atoms with Gasteiger partial charge in [-0.05, 0) is 70.8 Å². The number of anilines is 1. The zero-order valence-electron chi connectivity index (χ0n) is 25.3. The van der Waals surface area contributed by atoms with E-state index in [0.29, 0.717) is 43.8 Å². The highest BCUT2D eigenvalue weighted by Crippen LogP contribution is 2.34. The molecule has 0 saturated heterocycles. The summed E-state index contributed by atoms with van der Waals surface area (Å²) in [6, 6.07) is 21.6. The van der Waals surface area contributed by atoms with Crippen molar-refractivity contribution in [3.05, 3.63) is 130 Å². The van der Waals surface area contributed by atoms with E-state index in [2.05, 4.69) is 0 Å². The van der Waals surface area contributed by atoms with Crippen molar-refractivity contribution in [2.24, 2.45) is 0 Å². The first-order valence-electron chi connectivity index (χ1n) is 14.3. The normalized spacial score (nSPS) is 12.4. The molecule has 50 heavy (non-hydrogen) atoms. The van der Waals surface area contributed by atoms with Crippen LogP contribution in [-0.4, -0.2) is 41.1 Å². The number of aromatic nitrogens is 2. The van der Waals surface area contributed by atoms with Gasteiger partial charge in [0.1, 0.15) is 12.4 Å². The second kappa shape index (κ2) is 14.2. The number of halogens is 8. The van der Waals surface area contributed by atoms with Crippen LogP contribution in [0.4, 0.5) is 32.0 Å². The van der Waals surface area contributed by atoms with Gasteiger partial charge in [0, 0.05) is 23.3 Å². The summed E-state index contributed by atoms with van der Waals surface area (Å²) in [4.78, 5) is 15.9. The van der Waals surface area contributed by atoms with Crippen molar-refractivity contribution in [3.8, 4) is 22.4 Å². The third-order valence-corrected chi connectivity index (χ3v) is 9.39. The van der Waals surface area contributed by atoms with E-state index in [1.807, 2.05) is 0 Å². The SMILES string of the molecule is O=C(O)CN(c1ccc(Cn2cc(-c3ccc(Cl)cc3Cl)nc2C=Cc2ccc(-c3ccc(C(F)(F)F)cc3)cc2)cc1)S(=O)(=O)C(F)(F)F. The Bertz CT molecular complexity index is 2150. The highest BCUT2D eigenvalue weighted by molar-refractivity contribution is 7.93. The fraction of sp³-hybridized carbons (Fsp3) is 0.118. The van der Waals surface area contributed by atoms with E-state index >= 15 is 0 Å². The second-order valence-corrected chi connectivity index (χ2v) is 13.5. The van der Waals surface area contributed by atoms with Crippen molar-refractivity contribution >= 4 is 57.0 Å². The number of carbonyl (C=O) groups is 1. The van der Waals surface area contributed by atoms with E-state index in [-0.39, 0.29) is 10.8 Å². The van der Waals surface area contributed by atoms with Gasteiger partial charge >= 0.3 is 27.7 Å². The molecule has 0 bridgehead atoms.